The van der Waals surface area contributed by atoms with E-state index in [4.69, 9.17) is 5.11 Å². The lowest BCUT2D eigenvalue weighted by atomic mass is 10.1. The van der Waals surface area contributed by atoms with Gasteiger partial charge in [-0.15, -0.1) is 0 Å². The molecule has 0 fully saturated rings. The Morgan fingerprint density at radius 3 is 2.56 bits per heavy atom. The number of ketones is 1. The summed E-state index contributed by atoms with van der Waals surface area (Å²) in [6.07, 6.45) is -0.377. The molecule has 0 aliphatic rings. The zero-order valence-electron chi connectivity index (χ0n) is 7.84. The third kappa shape index (κ3) is 2.63. The van der Waals surface area contributed by atoms with Gasteiger partial charge in [-0.2, -0.15) is 0 Å². The number of rotatable bonds is 4. The summed E-state index contributed by atoms with van der Waals surface area (Å²) in [7, 11) is 0. The maximum absolute atomic E-state index is 11.0. The number of benzene rings is 1. The highest BCUT2D eigenvalue weighted by molar-refractivity contribution is 9.10. The van der Waals surface area contributed by atoms with Crippen molar-refractivity contribution in [2.45, 2.75) is 6.42 Å². The predicted molar refractivity (Wildman–Crippen MR) is 57.1 cm³/mol. The van der Waals surface area contributed by atoms with Gasteiger partial charge in [0.05, 0.1) is 9.40 Å². The average Bonchev–Trinajstić information content (AvgIpc) is 2.20. The molecule has 1 rings (SSSR count). The van der Waals surface area contributed by atoms with Gasteiger partial charge in [0, 0.05) is 12.5 Å². The van der Waals surface area contributed by atoms with Crippen LogP contribution in [0, 0.1) is 10.1 Å². The number of aliphatic carboxylic acids is 1. The number of nitro groups is 1. The summed E-state index contributed by atoms with van der Waals surface area (Å²) in [6.45, 7) is 0. The molecule has 84 valence electrons. The van der Waals surface area contributed by atoms with Crippen LogP contribution in [0.2, 0.25) is 0 Å². The number of halogens is 1. The average molecular weight is 288 g/mol. The number of carboxylic acid groups (broad SMARTS) is 1. The monoisotopic (exact) mass is 287 g/mol. The maximum Gasteiger partial charge on any atom is 0.372 e. The lowest BCUT2D eigenvalue weighted by Gasteiger charge is -2.02. The molecule has 0 atom stereocenters. The van der Waals surface area contributed by atoms with Crippen molar-refractivity contribution in [3.63, 3.8) is 0 Å². The summed E-state index contributed by atoms with van der Waals surface area (Å²) in [5.74, 6) is -2.57. The van der Waals surface area contributed by atoms with Crippen molar-refractivity contribution < 1.29 is 19.6 Å². The van der Waals surface area contributed by atoms with Gasteiger partial charge in [-0.05, 0) is 21.5 Å². The number of carbonyl (C=O) groups excluding carboxylic acids is 1. The van der Waals surface area contributed by atoms with Gasteiger partial charge >= 0.3 is 5.97 Å². The summed E-state index contributed by atoms with van der Waals surface area (Å²) in [5.41, 5.74) is 0.0808. The van der Waals surface area contributed by atoms with Gasteiger partial charge in [0.1, 0.15) is 0 Å². The summed E-state index contributed by atoms with van der Waals surface area (Å²) < 4.78 is 0.134. The van der Waals surface area contributed by atoms with E-state index in [1.807, 2.05) is 0 Å². The molecule has 7 heteroatoms. The lowest BCUT2D eigenvalue weighted by molar-refractivity contribution is -0.385. The first-order chi connectivity index (χ1) is 7.43. The largest absolute Gasteiger partial charge is 0.475 e. The molecule has 1 N–H and O–H groups in total. The molecule has 0 saturated carbocycles. The molecular weight excluding hydrogens is 282 g/mol. The van der Waals surface area contributed by atoms with E-state index in [0.717, 1.165) is 0 Å². The first kappa shape index (κ1) is 12.3. The fourth-order valence-corrected chi connectivity index (χ4v) is 1.64. The molecule has 0 spiro atoms. The standard InChI is InChI=1S/C9H6BrNO5/c10-8-5(4-7(12)9(13)14)2-1-3-6(8)11(15)16/h1-3H,4H2,(H,13,14). The molecule has 1 aromatic carbocycles. The van der Waals surface area contributed by atoms with Crippen molar-refractivity contribution in [1.29, 1.82) is 0 Å². The van der Waals surface area contributed by atoms with Crippen molar-refractivity contribution in [2.75, 3.05) is 0 Å². The van der Waals surface area contributed by atoms with Crippen LogP contribution in [0.3, 0.4) is 0 Å². The van der Waals surface area contributed by atoms with Crippen LogP contribution in [0.25, 0.3) is 0 Å². The van der Waals surface area contributed by atoms with E-state index in [1.54, 1.807) is 0 Å². The van der Waals surface area contributed by atoms with E-state index in [1.165, 1.54) is 18.2 Å². The van der Waals surface area contributed by atoms with Gasteiger partial charge in [0.25, 0.3) is 5.69 Å². The van der Waals surface area contributed by atoms with Gasteiger partial charge in [-0.25, -0.2) is 4.79 Å². The molecule has 6 nitrogen and oxygen atoms in total. The molecule has 0 aliphatic heterocycles. The number of carboxylic acids is 1. The molecule has 0 radical (unpaired) electrons. The van der Waals surface area contributed by atoms with Crippen LogP contribution in [0.4, 0.5) is 5.69 Å². The Bertz CT molecular complexity index is 471. The number of hydrogen-bond donors (Lipinski definition) is 1. The Labute approximate surface area is 98.2 Å². The Morgan fingerprint density at radius 1 is 1.44 bits per heavy atom. The van der Waals surface area contributed by atoms with Crippen LogP contribution in [-0.4, -0.2) is 21.8 Å². The highest BCUT2D eigenvalue weighted by Gasteiger charge is 2.19. The third-order valence-electron chi connectivity index (χ3n) is 1.84. The fourth-order valence-electron chi connectivity index (χ4n) is 1.09. The van der Waals surface area contributed by atoms with Crippen molar-refractivity contribution >= 4 is 33.4 Å². The fraction of sp³-hybridized carbons (Fsp3) is 0.111. The number of Topliss-reactive ketones (excluding diaryl/α,β-unsaturated/α-hetero) is 1. The predicted octanol–water partition coefficient (Wildman–Crippen LogP) is 1.55. The van der Waals surface area contributed by atoms with E-state index >= 15 is 0 Å². The van der Waals surface area contributed by atoms with E-state index in [-0.39, 0.29) is 22.1 Å². The Morgan fingerprint density at radius 2 is 2.06 bits per heavy atom. The van der Waals surface area contributed by atoms with Crippen LogP contribution in [0.15, 0.2) is 22.7 Å². The van der Waals surface area contributed by atoms with Crippen LogP contribution in [0.5, 0.6) is 0 Å². The molecule has 0 saturated heterocycles. The Kier molecular flexibility index (Phi) is 3.73. The Hall–Kier alpha value is -1.76. The van der Waals surface area contributed by atoms with Crippen molar-refractivity contribution in [1.82, 2.24) is 0 Å². The molecule has 0 aliphatic carbocycles. The van der Waals surface area contributed by atoms with E-state index in [9.17, 15) is 19.7 Å². The summed E-state index contributed by atoms with van der Waals surface area (Å²) in [6, 6.07) is 4.12. The number of nitro benzene ring substituents is 1. The maximum atomic E-state index is 11.0. The van der Waals surface area contributed by atoms with Crippen molar-refractivity contribution in [3.8, 4) is 0 Å². The number of hydrogen-bond acceptors (Lipinski definition) is 4. The molecule has 16 heavy (non-hydrogen) atoms. The molecule has 0 bridgehead atoms. The van der Waals surface area contributed by atoms with Crippen molar-refractivity contribution in [3.05, 3.63) is 38.3 Å². The number of carbonyl (C=O) groups is 2. The highest BCUT2D eigenvalue weighted by atomic mass is 79.9. The van der Waals surface area contributed by atoms with Gasteiger partial charge in [0.2, 0.25) is 5.78 Å². The van der Waals surface area contributed by atoms with Crippen LogP contribution in [-0.2, 0) is 16.0 Å². The van der Waals surface area contributed by atoms with Crippen LogP contribution in [0.1, 0.15) is 5.56 Å². The quantitative estimate of drug-likeness (QED) is 0.515. The van der Waals surface area contributed by atoms with Gasteiger partial charge < -0.3 is 5.11 Å². The van der Waals surface area contributed by atoms with E-state index in [0.29, 0.717) is 0 Å². The smallest absolute Gasteiger partial charge is 0.372 e. The zero-order chi connectivity index (χ0) is 12.3. The third-order valence-corrected chi connectivity index (χ3v) is 2.76. The van der Waals surface area contributed by atoms with Gasteiger partial charge in [-0.3, -0.25) is 14.9 Å². The Balaban J connectivity index is 3.07. The summed E-state index contributed by atoms with van der Waals surface area (Å²) >= 11 is 2.97. The minimum atomic E-state index is -1.56. The summed E-state index contributed by atoms with van der Waals surface area (Å²) in [4.78, 5) is 31.2. The first-order valence-corrected chi connectivity index (χ1v) is 4.90. The second kappa shape index (κ2) is 4.84. The normalized spacial score (nSPS) is 9.81. The molecule has 1 aromatic rings. The van der Waals surface area contributed by atoms with E-state index < -0.39 is 16.7 Å². The van der Waals surface area contributed by atoms with Crippen molar-refractivity contribution in [2.24, 2.45) is 0 Å². The molecule has 0 aromatic heterocycles. The van der Waals surface area contributed by atoms with Crippen LogP contribution < -0.4 is 0 Å². The minimum absolute atomic E-state index is 0.134. The second-order valence-corrected chi connectivity index (χ2v) is 3.71. The van der Waals surface area contributed by atoms with E-state index in [2.05, 4.69) is 15.9 Å². The second-order valence-electron chi connectivity index (χ2n) is 2.91. The van der Waals surface area contributed by atoms with Gasteiger partial charge in [0.15, 0.2) is 0 Å². The number of nitrogens with zero attached hydrogens (tertiary/aromatic N) is 1. The highest BCUT2D eigenvalue weighted by Crippen LogP contribution is 2.28. The molecule has 0 heterocycles. The molecule has 0 amide bonds. The first-order valence-electron chi connectivity index (χ1n) is 4.11. The topological polar surface area (TPSA) is 97.5 Å². The minimum Gasteiger partial charge on any atom is -0.475 e. The SMILES string of the molecule is O=C(O)C(=O)Cc1cccc([N+](=O)[O-])c1Br. The summed E-state index contributed by atoms with van der Waals surface area (Å²) in [5, 5.41) is 19.0. The molecular formula is C9H6BrNO5. The van der Waals surface area contributed by atoms with Gasteiger partial charge in [-0.1, -0.05) is 12.1 Å². The lowest BCUT2D eigenvalue weighted by Crippen LogP contribution is -2.15. The van der Waals surface area contributed by atoms with Crippen LogP contribution >= 0.6 is 15.9 Å². The zero-order valence-corrected chi connectivity index (χ0v) is 9.43. The molecule has 0 unspecified atom stereocenters.